The third kappa shape index (κ3) is 3.72. The van der Waals surface area contributed by atoms with Gasteiger partial charge in [-0.3, -0.25) is 0 Å². The highest BCUT2D eigenvalue weighted by Gasteiger charge is 2.36. The maximum atomic E-state index is 8.71. The molecule has 1 heterocycles. The molecule has 0 amide bonds. The summed E-state index contributed by atoms with van der Waals surface area (Å²) in [6, 6.07) is 0. The molecule has 0 aliphatic carbocycles. The summed E-state index contributed by atoms with van der Waals surface area (Å²) < 4.78 is 11.4. The van der Waals surface area contributed by atoms with Crippen molar-refractivity contribution in [2.75, 3.05) is 26.4 Å². The van der Waals surface area contributed by atoms with Crippen molar-refractivity contribution >= 4 is 0 Å². The van der Waals surface area contributed by atoms with Crippen LogP contribution in [0, 0.1) is 0 Å². The van der Waals surface area contributed by atoms with Crippen molar-refractivity contribution in [3.05, 3.63) is 0 Å². The third-order valence-electron chi connectivity index (χ3n) is 3.05. The Morgan fingerprint density at radius 3 is 3.00 bits per heavy atom. The van der Waals surface area contributed by atoms with Crippen LogP contribution in [0.2, 0.25) is 0 Å². The van der Waals surface area contributed by atoms with Crippen LogP contribution in [-0.2, 0) is 9.47 Å². The summed E-state index contributed by atoms with van der Waals surface area (Å²) in [6.07, 6.45) is 3.71. The van der Waals surface area contributed by atoms with Gasteiger partial charge in [-0.25, -0.2) is 0 Å². The van der Waals surface area contributed by atoms with Gasteiger partial charge in [-0.2, -0.15) is 0 Å². The highest BCUT2D eigenvalue weighted by Crippen LogP contribution is 2.29. The molecule has 4 nitrogen and oxygen atoms in total. The Morgan fingerprint density at radius 1 is 1.60 bits per heavy atom. The predicted molar refractivity (Wildman–Crippen MR) is 58.7 cm³/mol. The van der Waals surface area contributed by atoms with E-state index < -0.39 is 0 Å². The summed E-state index contributed by atoms with van der Waals surface area (Å²) in [4.78, 5) is 0. The van der Waals surface area contributed by atoms with Crippen molar-refractivity contribution in [2.24, 2.45) is 5.73 Å². The van der Waals surface area contributed by atoms with Gasteiger partial charge in [0.25, 0.3) is 0 Å². The maximum absolute atomic E-state index is 8.71. The Morgan fingerprint density at radius 2 is 2.40 bits per heavy atom. The normalized spacial score (nSPS) is 31.8. The second-order valence-corrected chi connectivity index (χ2v) is 4.17. The molecule has 0 saturated carbocycles. The Hall–Kier alpha value is -0.160. The Labute approximate surface area is 91.7 Å². The number of aliphatic hydroxyl groups is 1. The monoisotopic (exact) mass is 217 g/mol. The van der Waals surface area contributed by atoms with Crippen molar-refractivity contribution in [3.8, 4) is 0 Å². The number of hydrogen-bond acceptors (Lipinski definition) is 4. The van der Waals surface area contributed by atoms with Crippen LogP contribution in [0.4, 0.5) is 0 Å². The fourth-order valence-corrected chi connectivity index (χ4v) is 1.98. The largest absolute Gasteiger partial charge is 0.396 e. The third-order valence-corrected chi connectivity index (χ3v) is 3.05. The van der Waals surface area contributed by atoms with E-state index in [4.69, 9.17) is 20.3 Å². The summed E-state index contributed by atoms with van der Waals surface area (Å²) in [5, 5.41) is 8.71. The zero-order valence-electron chi connectivity index (χ0n) is 9.58. The number of aliphatic hydroxyl groups excluding tert-OH is 1. The molecule has 1 saturated heterocycles. The molecule has 0 radical (unpaired) electrons. The minimum atomic E-state index is -0.214. The molecule has 0 aromatic carbocycles. The first-order chi connectivity index (χ1) is 7.26. The lowest BCUT2D eigenvalue weighted by Crippen LogP contribution is -2.48. The first-order valence-electron chi connectivity index (χ1n) is 5.83. The standard InChI is InChI=1S/C11H23NO3/c1-2-10-8-11(9-12,4-7-14-10)15-6-3-5-13/h10,13H,2-9,12H2,1H3. The van der Waals surface area contributed by atoms with Crippen LogP contribution < -0.4 is 5.73 Å². The molecule has 2 atom stereocenters. The number of hydrogen-bond donors (Lipinski definition) is 2. The Bertz CT molecular complexity index is 177. The summed E-state index contributed by atoms with van der Waals surface area (Å²) in [5.41, 5.74) is 5.58. The fraction of sp³-hybridized carbons (Fsp3) is 1.00. The van der Waals surface area contributed by atoms with Gasteiger partial charge in [-0.15, -0.1) is 0 Å². The number of nitrogens with two attached hydrogens (primary N) is 1. The lowest BCUT2D eigenvalue weighted by atomic mass is 9.89. The van der Waals surface area contributed by atoms with E-state index in [-0.39, 0.29) is 18.3 Å². The van der Waals surface area contributed by atoms with Gasteiger partial charge >= 0.3 is 0 Å². The van der Waals surface area contributed by atoms with Crippen LogP contribution in [0.25, 0.3) is 0 Å². The molecule has 1 aliphatic heterocycles. The van der Waals surface area contributed by atoms with E-state index in [1.165, 1.54) is 0 Å². The second-order valence-electron chi connectivity index (χ2n) is 4.17. The molecule has 1 aliphatic rings. The molecule has 15 heavy (non-hydrogen) atoms. The van der Waals surface area contributed by atoms with Crippen molar-refractivity contribution in [3.63, 3.8) is 0 Å². The van der Waals surface area contributed by atoms with Gasteiger partial charge in [-0.1, -0.05) is 6.92 Å². The molecule has 1 rings (SSSR count). The fourth-order valence-electron chi connectivity index (χ4n) is 1.98. The van der Waals surface area contributed by atoms with Gasteiger partial charge in [0.2, 0.25) is 0 Å². The van der Waals surface area contributed by atoms with Crippen molar-refractivity contribution in [1.82, 2.24) is 0 Å². The quantitative estimate of drug-likeness (QED) is 0.642. The van der Waals surface area contributed by atoms with E-state index in [0.29, 0.717) is 19.6 Å². The van der Waals surface area contributed by atoms with Crippen molar-refractivity contribution < 1.29 is 14.6 Å². The summed E-state index contributed by atoms with van der Waals surface area (Å²) in [7, 11) is 0. The maximum Gasteiger partial charge on any atom is 0.0850 e. The van der Waals surface area contributed by atoms with Gasteiger partial charge in [-0.05, 0) is 12.8 Å². The van der Waals surface area contributed by atoms with E-state index >= 15 is 0 Å². The SMILES string of the molecule is CCC1CC(CN)(OCCCO)CCO1. The topological polar surface area (TPSA) is 64.7 Å². The van der Waals surface area contributed by atoms with Gasteiger partial charge in [0.15, 0.2) is 0 Å². The van der Waals surface area contributed by atoms with Crippen LogP contribution in [-0.4, -0.2) is 43.2 Å². The molecule has 0 aromatic heterocycles. The smallest absolute Gasteiger partial charge is 0.0850 e. The molecular formula is C11H23NO3. The minimum absolute atomic E-state index is 0.175. The van der Waals surface area contributed by atoms with Crippen LogP contribution in [0.5, 0.6) is 0 Å². The molecule has 3 N–H and O–H groups in total. The first kappa shape index (κ1) is 12.9. The molecule has 1 fully saturated rings. The van der Waals surface area contributed by atoms with E-state index in [1.54, 1.807) is 0 Å². The van der Waals surface area contributed by atoms with Crippen LogP contribution in [0.1, 0.15) is 32.6 Å². The second kappa shape index (κ2) is 6.43. The van der Waals surface area contributed by atoms with Crippen LogP contribution >= 0.6 is 0 Å². The highest BCUT2D eigenvalue weighted by molar-refractivity contribution is 4.88. The molecule has 4 heteroatoms. The molecule has 0 bridgehead atoms. The zero-order chi connectivity index (χ0) is 11.1. The van der Waals surface area contributed by atoms with Gasteiger partial charge in [0.05, 0.1) is 11.7 Å². The predicted octanol–water partition coefficient (Wildman–Crippen LogP) is 0.672. The highest BCUT2D eigenvalue weighted by atomic mass is 16.5. The van der Waals surface area contributed by atoms with E-state index in [9.17, 15) is 0 Å². The molecule has 90 valence electrons. The average Bonchev–Trinajstić information content (AvgIpc) is 2.30. The lowest BCUT2D eigenvalue weighted by molar-refractivity contribution is -0.135. The summed E-state index contributed by atoms with van der Waals surface area (Å²) in [5.74, 6) is 0. The van der Waals surface area contributed by atoms with E-state index in [0.717, 1.165) is 25.9 Å². The minimum Gasteiger partial charge on any atom is -0.396 e. The van der Waals surface area contributed by atoms with Gasteiger partial charge < -0.3 is 20.3 Å². The number of rotatable bonds is 6. The zero-order valence-corrected chi connectivity index (χ0v) is 9.58. The molecular weight excluding hydrogens is 194 g/mol. The average molecular weight is 217 g/mol. The van der Waals surface area contributed by atoms with Crippen molar-refractivity contribution in [2.45, 2.75) is 44.3 Å². The van der Waals surface area contributed by atoms with Crippen molar-refractivity contribution in [1.29, 1.82) is 0 Å². The lowest BCUT2D eigenvalue weighted by Gasteiger charge is -2.39. The molecule has 0 aromatic rings. The Kier molecular flexibility index (Phi) is 5.53. The molecule has 2 unspecified atom stereocenters. The van der Waals surface area contributed by atoms with Crippen LogP contribution in [0.15, 0.2) is 0 Å². The van der Waals surface area contributed by atoms with E-state index in [2.05, 4.69) is 6.92 Å². The van der Waals surface area contributed by atoms with E-state index in [1.807, 2.05) is 0 Å². The van der Waals surface area contributed by atoms with Crippen LogP contribution in [0.3, 0.4) is 0 Å². The summed E-state index contributed by atoms with van der Waals surface area (Å²) in [6.45, 7) is 4.15. The first-order valence-corrected chi connectivity index (χ1v) is 5.83. The summed E-state index contributed by atoms with van der Waals surface area (Å²) >= 11 is 0. The Balaban J connectivity index is 2.43. The molecule has 0 spiro atoms. The van der Waals surface area contributed by atoms with Gasteiger partial charge in [0, 0.05) is 39.2 Å². The van der Waals surface area contributed by atoms with Gasteiger partial charge in [0.1, 0.15) is 0 Å². The number of ether oxygens (including phenoxy) is 2.